The first-order valence-electron chi connectivity index (χ1n) is 4.69. The second kappa shape index (κ2) is 3.14. The molecular formula is C12H14. The molecule has 0 aromatic heterocycles. The van der Waals surface area contributed by atoms with Crippen LogP contribution in [0.15, 0.2) is 24.3 Å². The standard InChI is InChI=1S/C12H14/c1-2-5-10-6-3-7-11-8-4-9-12(10)11/h3-4,6-7,9H,2,5,8H2,1H3. The lowest BCUT2D eigenvalue weighted by molar-refractivity contribution is 0.918. The van der Waals surface area contributed by atoms with E-state index in [9.17, 15) is 0 Å². The highest BCUT2D eigenvalue weighted by atomic mass is 14.1. The van der Waals surface area contributed by atoms with E-state index in [1.165, 1.54) is 29.5 Å². The quantitative estimate of drug-likeness (QED) is 0.620. The molecule has 0 fully saturated rings. The minimum atomic E-state index is 1.13. The summed E-state index contributed by atoms with van der Waals surface area (Å²) in [6.07, 6.45) is 8.11. The number of benzene rings is 1. The fraction of sp³-hybridized carbons (Fsp3) is 0.333. The van der Waals surface area contributed by atoms with Crippen LogP contribution >= 0.6 is 0 Å². The molecule has 0 nitrogen and oxygen atoms in total. The Morgan fingerprint density at radius 3 is 3.08 bits per heavy atom. The lowest BCUT2D eigenvalue weighted by Crippen LogP contribution is -1.90. The van der Waals surface area contributed by atoms with Gasteiger partial charge in [0.2, 0.25) is 0 Å². The van der Waals surface area contributed by atoms with E-state index >= 15 is 0 Å². The van der Waals surface area contributed by atoms with E-state index in [1.54, 1.807) is 0 Å². The molecule has 0 saturated carbocycles. The topological polar surface area (TPSA) is 0 Å². The Balaban J connectivity index is 2.41. The van der Waals surface area contributed by atoms with Gasteiger partial charge in [0, 0.05) is 0 Å². The molecule has 1 aromatic carbocycles. The van der Waals surface area contributed by atoms with Crippen molar-refractivity contribution in [1.82, 2.24) is 0 Å². The van der Waals surface area contributed by atoms with Crippen LogP contribution in [-0.2, 0) is 12.8 Å². The zero-order valence-electron chi connectivity index (χ0n) is 7.51. The lowest BCUT2D eigenvalue weighted by atomic mass is 10.0. The van der Waals surface area contributed by atoms with E-state index in [0.717, 1.165) is 6.42 Å². The second-order valence-electron chi connectivity index (χ2n) is 3.35. The average molecular weight is 158 g/mol. The molecule has 0 radical (unpaired) electrons. The maximum absolute atomic E-state index is 2.26. The highest BCUT2D eigenvalue weighted by Gasteiger charge is 2.07. The number of fused-ring (bicyclic) bond motifs is 1. The van der Waals surface area contributed by atoms with Gasteiger partial charge in [-0.1, -0.05) is 43.7 Å². The highest BCUT2D eigenvalue weighted by molar-refractivity contribution is 5.63. The highest BCUT2D eigenvalue weighted by Crippen LogP contribution is 2.23. The van der Waals surface area contributed by atoms with Crippen LogP contribution < -0.4 is 0 Å². The van der Waals surface area contributed by atoms with Crippen molar-refractivity contribution < 1.29 is 0 Å². The van der Waals surface area contributed by atoms with E-state index in [2.05, 4.69) is 37.3 Å². The van der Waals surface area contributed by atoms with Crippen molar-refractivity contribution in [3.63, 3.8) is 0 Å². The SMILES string of the molecule is CCCc1cccc2c1C=CC2. The molecule has 0 spiro atoms. The summed E-state index contributed by atoms with van der Waals surface area (Å²) in [5, 5.41) is 0. The Labute approximate surface area is 73.9 Å². The molecule has 1 aliphatic rings. The summed E-state index contributed by atoms with van der Waals surface area (Å²) < 4.78 is 0. The summed E-state index contributed by atoms with van der Waals surface area (Å²) in [7, 11) is 0. The fourth-order valence-electron chi connectivity index (χ4n) is 1.85. The van der Waals surface area contributed by atoms with Crippen LogP contribution in [0.2, 0.25) is 0 Å². The smallest absolute Gasteiger partial charge is 0.00881 e. The predicted octanol–water partition coefficient (Wildman–Crippen LogP) is 3.21. The first-order valence-corrected chi connectivity index (χ1v) is 4.69. The molecule has 0 N–H and O–H groups in total. The van der Waals surface area contributed by atoms with Crippen molar-refractivity contribution in [3.05, 3.63) is 41.0 Å². The van der Waals surface area contributed by atoms with Crippen molar-refractivity contribution >= 4 is 6.08 Å². The normalized spacial score (nSPS) is 13.4. The van der Waals surface area contributed by atoms with Crippen LogP contribution in [0.1, 0.15) is 30.0 Å². The Morgan fingerprint density at radius 2 is 2.25 bits per heavy atom. The Hall–Kier alpha value is -1.04. The predicted molar refractivity (Wildman–Crippen MR) is 53.2 cm³/mol. The first-order chi connectivity index (χ1) is 5.92. The molecule has 0 saturated heterocycles. The molecule has 1 aromatic rings. The molecule has 0 heterocycles. The van der Waals surface area contributed by atoms with Crippen LogP contribution in [0.5, 0.6) is 0 Å². The molecule has 0 aliphatic heterocycles. The summed E-state index contributed by atoms with van der Waals surface area (Å²) in [5.74, 6) is 0. The van der Waals surface area contributed by atoms with Gasteiger partial charge in [0.25, 0.3) is 0 Å². The maximum Gasteiger partial charge on any atom is -0.00881 e. The monoisotopic (exact) mass is 158 g/mol. The van der Waals surface area contributed by atoms with Crippen molar-refractivity contribution in [2.75, 3.05) is 0 Å². The Bertz CT molecular complexity index is 308. The van der Waals surface area contributed by atoms with Crippen LogP contribution in [0, 0.1) is 0 Å². The van der Waals surface area contributed by atoms with Crippen LogP contribution in [0.4, 0.5) is 0 Å². The molecule has 0 amide bonds. The fourth-order valence-corrected chi connectivity index (χ4v) is 1.85. The van der Waals surface area contributed by atoms with Crippen molar-refractivity contribution in [3.8, 4) is 0 Å². The van der Waals surface area contributed by atoms with Crippen molar-refractivity contribution in [1.29, 1.82) is 0 Å². The van der Waals surface area contributed by atoms with Crippen molar-refractivity contribution in [2.45, 2.75) is 26.2 Å². The van der Waals surface area contributed by atoms with Gasteiger partial charge in [-0.15, -0.1) is 0 Å². The number of hydrogen-bond donors (Lipinski definition) is 0. The molecule has 2 rings (SSSR count). The summed E-state index contributed by atoms with van der Waals surface area (Å²) in [6, 6.07) is 6.66. The maximum atomic E-state index is 2.26. The second-order valence-corrected chi connectivity index (χ2v) is 3.35. The van der Waals surface area contributed by atoms with Gasteiger partial charge in [-0.3, -0.25) is 0 Å². The minimum absolute atomic E-state index is 1.13. The number of allylic oxidation sites excluding steroid dienone is 1. The van der Waals surface area contributed by atoms with Gasteiger partial charge in [0.15, 0.2) is 0 Å². The molecule has 0 heteroatoms. The summed E-state index contributed by atoms with van der Waals surface area (Å²) >= 11 is 0. The van der Waals surface area contributed by atoms with Gasteiger partial charge in [0.1, 0.15) is 0 Å². The van der Waals surface area contributed by atoms with Gasteiger partial charge in [-0.25, -0.2) is 0 Å². The molecule has 0 atom stereocenters. The zero-order valence-corrected chi connectivity index (χ0v) is 7.51. The number of aryl methyl sites for hydroxylation is 1. The Morgan fingerprint density at radius 1 is 1.33 bits per heavy atom. The van der Waals surface area contributed by atoms with Crippen molar-refractivity contribution in [2.24, 2.45) is 0 Å². The van der Waals surface area contributed by atoms with E-state index in [4.69, 9.17) is 0 Å². The van der Waals surface area contributed by atoms with Gasteiger partial charge in [0.05, 0.1) is 0 Å². The van der Waals surface area contributed by atoms with Gasteiger partial charge >= 0.3 is 0 Å². The number of rotatable bonds is 2. The van der Waals surface area contributed by atoms with Gasteiger partial charge < -0.3 is 0 Å². The third-order valence-corrected chi connectivity index (χ3v) is 2.43. The minimum Gasteiger partial charge on any atom is -0.0795 e. The van der Waals surface area contributed by atoms with E-state index in [-0.39, 0.29) is 0 Å². The zero-order chi connectivity index (χ0) is 8.39. The lowest BCUT2D eigenvalue weighted by Gasteiger charge is -2.05. The molecule has 12 heavy (non-hydrogen) atoms. The third-order valence-electron chi connectivity index (χ3n) is 2.43. The molecule has 0 unspecified atom stereocenters. The number of hydrogen-bond acceptors (Lipinski definition) is 0. The van der Waals surface area contributed by atoms with E-state index < -0.39 is 0 Å². The molecule has 62 valence electrons. The van der Waals surface area contributed by atoms with Gasteiger partial charge in [-0.05, 0) is 29.5 Å². The molecular weight excluding hydrogens is 144 g/mol. The van der Waals surface area contributed by atoms with Gasteiger partial charge in [-0.2, -0.15) is 0 Å². The molecule has 0 bridgehead atoms. The Kier molecular flexibility index (Phi) is 1.99. The summed E-state index contributed by atoms with van der Waals surface area (Å²) in [5.41, 5.74) is 4.50. The van der Waals surface area contributed by atoms with Crippen LogP contribution in [0.25, 0.3) is 6.08 Å². The average Bonchev–Trinajstić information content (AvgIpc) is 2.53. The largest absolute Gasteiger partial charge is 0.0795 e. The van der Waals surface area contributed by atoms with Crippen LogP contribution in [-0.4, -0.2) is 0 Å². The third kappa shape index (κ3) is 1.18. The summed E-state index contributed by atoms with van der Waals surface area (Å²) in [6.45, 7) is 2.23. The van der Waals surface area contributed by atoms with E-state index in [0.29, 0.717) is 0 Å². The van der Waals surface area contributed by atoms with E-state index in [1.807, 2.05) is 0 Å². The van der Waals surface area contributed by atoms with Crippen LogP contribution in [0.3, 0.4) is 0 Å². The molecule has 1 aliphatic carbocycles. The summed E-state index contributed by atoms with van der Waals surface area (Å²) in [4.78, 5) is 0. The first kappa shape index (κ1) is 7.60.